The van der Waals surface area contributed by atoms with Crippen molar-refractivity contribution in [1.29, 1.82) is 0 Å². The van der Waals surface area contributed by atoms with Crippen LogP contribution in [0.3, 0.4) is 0 Å². The highest BCUT2D eigenvalue weighted by Gasteiger charge is 2.36. The molecule has 1 aliphatic carbocycles. The molecule has 138 valence electrons. The maximum absolute atomic E-state index is 13.9. The second kappa shape index (κ2) is 7.43. The first-order chi connectivity index (χ1) is 12.7. The molecule has 0 saturated carbocycles. The molecule has 0 aromatic heterocycles. The number of rotatable bonds is 4. The van der Waals surface area contributed by atoms with E-state index in [1.807, 2.05) is 18.2 Å². The monoisotopic (exact) mass is 358 g/mol. The fourth-order valence-electron chi connectivity index (χ4n) is 4.42. The van der Waals surface area contributed by atoms with Gasteiger partial charge >= 0.3 is 0 Å². The Morgan fingerprint density at radius 2 is 1.58 bits per heavy atom. The molecule has 0 spiro atoms. The van der Waals surface area contributed by atoms with Crippen molar-refractivity contribution in [3.05, 3.63) is 70.8 Å². The quantitative estimate of drug-likeness (QED) is 0.910. The number of benzene rings is 2. The largest absolute Gasteiger partial charge is 0.395 e. The highest BCUT2D eigenvalue weighted by Crippen LogP contribution is 2.47. The Hall–Kier alpha value is -1.82. The van der Waals surface area contributed by atoms with Gasteiger partial charge in [0, 0.05) is 44.7 Å². The van der Waals surface area contributed by atoms with Crippen LogP contribution in [-0.4, -0.2) is 54.2 Å². The van der Waals surface area contributed by atoms with Crippen LogP contribution in [0.5, 0.6) is 0 Å². The van der Waals surface area contributed by atoms with Crippen LogP contribution in [0.25, 0.3) is 0 Å². The highest BCUT2D eigenvalue weighted by atomic mass is 19.1. The zero-order valence-corrected chi connectivity index (χ0v) is 14.7. The van der Waals surface area contributed by atoms with Gasteiger partial charge in [0.15, 0.2) is 0 Å². The Morgan fingerprint density at radius 1 is 0.885 bits per heavy atom. The lowest BCUT2D eigenvalue weighted by Gasteiger charge is -2.38. The molecular formula is C21H24F2N2O. The summed E-state index contributed by atoms with van der Waals surface area (Å²) in [6.07, 6.45) is 0.893. The molecular weight excluding hydrogens is 334 g/mol. The fraction of sp³-hybridized carbons (Fsp3) is 0.429. The van der Waals surface area contributed by atoms with Crippen molar-refractivity contribution in [2.45, 2.75) is 18.4 Å². The minimum Gasteiger partial charge on any atom is -0.395 e. The van der Waals surface area contributed by atoms with Gasteiger partial charge in [0.1, 0.15) is 11.6 Å². The Kier molecular flexibility index (Phi) is 5.02. The molecule has 0 amide bonds. The number of β-amino-alcohol motifs (C(OH)–C–C–N with tert-alkyl or cyclic N) is 1. The van der Waals surface area contributed by atoms with Gasteiger partial charge in [0.05, 0.1) is 6.61 Å². The van der Waals surface area contributed by atoms with E-state index >= 15 is 0 Å². The maximum atomic E-state index is 13.9. The van der Waals surface area contributed by atoms with Gasteiger partial charge in [-0.2, -0.15) is 0 Å². The Morgan fingerprint density at radius 3 is 2.27 bits per heavy atom. The molecule has 3 nitrogen and oxygen atoms in total. The minimum atomic E-state index is -0.247. The molecule has 1 saturated heterocycles. The average Bonchev–Trinajstić information content (AvgIpc) is 3.02. The molecule has 26 heavy (non-hydrogen) atoms. The number of piperazine rings is 1. The van der Waals surface area contributed by atoms with Crippen LogP contribution >= 0.6 is 0 Å². The third kappa shape index (κ3) is 3.39. The summed E-state index contributed by atoms with van der Waals surface area (Å²) in [4.78, 5) is 4.74. The third-order valence-corrected chi connectivity index (χ3v) is 5.78. The molecule has 2 aliphatic rings. The summed E-state index contributed by atoms with van der Waals surface area (Å²) in [7, 11) is 0. The summed E-state index contributed by atoms with van der Waals surface area (Å²) in [5.74, 6) is -0.367. The minimum absolute atomic E-state index is 0.0989. The number of nitrogens with zero attached hydrogens (tertiary/aromatic N) is 2. The first kappa shape index (κ1) is 17.6. The Balaban J connectivity index is 1.59. The molecule has 1 N–H and O–H groups in total. The van der Waals surface area contributed by atoms with E-state index in [4.69, 9.17) is 5.11 Å². The number of aliphatic hydroxyl groups is 1. The van der Waals surface area contributed by atoms with Crippen molar-refractivity contribution in [1.82, 2.24) is 9.80 Å². The molecule has 2 aromatic rings. The SMILES string of the molecule is OCCN1CCN([C@@H]2C[C@@H](c3ccc(F)cc3)c3cc(F)ccc32)CC1. The molecule has 1 heterocycles. The van der Waals surface area contributed by atoms with Gasteiger partial charge in [-0.1, -0.05) is 18.2 Å². The lowest BCUT2D eigenvalue weighted by Crippen LogP contribution is -2.48. The normalized spacial score (nSPS) is 24.0. The average molecular weight is 358 g/mol. The summed E-state index contributed by atoms with van der Waals surface area (Å²) < 4.78 is 27.2. The molecule has 4 rings (SSSR count). The van der Waals surface area contributed by atoms with Crippen molar-refractivity contribution in [2.75, 3.05) is 39.3 Å². The summed E-state index contributed by atoms with van der Waals surface area (Å²) in [6.45, 7) is 4.68. The van der Waals surface area contributed by atoms with Gasteiger partial charge in [0.2, 0.25) is 0 Å². The van der Waals surface area contributed by atoms with E-state index in [2.05, 4.69) is 9.80 Å². The van der Waals surface area contributed by atoms with Crippen LogP contribution in [0.2, 0.25) is 0 Å². The van der Waals surface area contributed by atoms with E-state index < -0.39 is 0 Å². The van der Waals surface area contributed by atoms with Crippen LogP contribution in [0.1, 0.15) is 35.1 Å². The summed E-state index contributed by atoms with van der Waals surface area (Å²) in [6, 6.07) is 12.0. The van der Waals surface area contributed by atoms with Gasteiger partial charge in [-0.3, -0.25) is 9.80 Å². The summed E-state index contributed by atoms with van der Waals surface area (Å²) in [5.41, 5.74) is 3.26. The summed E-state index contributed by atoms with van der Waals surface area (Å²) in [5, 5.41) is 9.11. The van der Waals surface area contributed by atoms with E-state index in [0.29, 0.717) is 0 Å². The van der Waals surface area contributed by atoms with Crippen LogP contribution in [0, 0.1) is 11.6 Å². The van der Waals surface area contributed by atoms with Gasteiger partial charge in [-0.25, -0.2) is 8.78 Å². The van der Waals surface area contributed by atoms with Gasteiger partial charge in [-0.15, -0.1) is 0 Å². The van der Waals surface area contributed by atoms with Crippen LogP contribution < -0.4 is 0 Å². The number of fused-ring (bicyclic) bond motifs is 1. The topological polar surface area (TPSA) is 26.7 Å². The van der Waals surface area contributed by atoms with Crippen LogP contribution in [-0.2, 0) is 0 Å². The zero-order chi connectivity index (χ0) is 18.1. The van der Waals surface area contributed by atoms with Gasteiger partial charge < -0.3 is 5.11 Å². The smallest absolute Gasteiger partial charge is 0.123 e. The third-order valence-electron chi connectivity index (χ3n) is 5.78. The lowest BCUT2D eigenvalue weighted by atomic mass is 9.93. The molecule has 0 radical (unpaired) electrons. The van der Waals surface area contributed by atoms with E-state index in [0.717, 1.165) is 50.3 Å². The van der Waals surface area contributed by atoms with E-state index in [9.17, 15) is 8.78 Å². The predicted octanol–water partition coefficient (Wildman–Crippen LogP) is 3.15. The lowest BCUT2D eigenvalue weighted by molar-refractivity contribution is 0.0827. The van der Waals surface area contributed by atoms with Crippen LogP contribution in [0.15, 0.2) is 42.5 Å². The molecule has 1 aliphatic heterocycles. The molecule has 2 aromatic carbocycles. The predicted molar refractivity (Wildman–Crippen MR) is 97.1 cm³/mol. The van der Waals surface area contributed by atoms with Crippen molar-refractivity contribution >= 4 is 0 Å². The first-order valence-electron chi connectivity index (χ1n) is 9.28. The highest BCUT2D eigenvalue weighted by molar-refractivity contribution is 5.45. The second-order valence-electron chi connectivity index (χ2n) is 7.23. The number of halogens is 2. The van der Waals surface area contributed by atoms with Crippen molar-refractivity contribution < 1.29 is 13.9 Å². The van der Waals surface area contributed by atoms with Crippen molar-refractivity contribution in [3.8, 4) is 0 Å². The van der Waals surface area contributed by atoms with Gasteiger partial charge in [0.25, 0.3) is 0 Å². The number of hydrogen-bond acceptors (Lipinski definition) is 3. The first-order valence-corrected chi connectivity index (χ1v) is 9.28. The molecule has 2 atom stereocenters. The Labute approximate surface area is 152 Å². The fourth-order valence-corrected chi connectivity index (χ4v) is 4.42. The van der Waals surface area contributed by atoms with E-state index in [1.165, 1.54) is 17.7 Å². The van der Waals surface area contributed by atoms with E-state index in [1.54, 1.807) is 12.1 Å². The Bertz CT molecular complexity index is 757. The van der Waals surface area contributed by atoms with Crippen molar-refractivity contribution in [2.24, 2.45) is 0 Å². The zero-order valence-electron chi connectivity index (χ0n) is 14.7. The number of hydrogen-bond donors (Lipinski definition) is 1. The van der Waals surface area contributed by atoms with Gasteiger partial charge in [-0.05, 0) is 47.4 Å². The standard InChI is InChI=1S/C21H24F2N2O/c22-16-3-1-15(2-4-16)19-14-21(18-6-5-17(23)13-20(18)19)25-9-7-24(8-10-25)11-12-26/h1-6,13,19,21,26H,7-12,14H2/t19-,21+/m0/s1. The number of aliphatic hydroxyl groups excluding tert-OH is 1. The van der Waals surface area contributed by atoms with E-state index in [-0.39, 0.29) is 30.2 Å². The van der Waals surface area contributed by atoms with Crippen LogP contribution in [0.4, 0.5) is 8.78 Å². The summed E-state index contributed by atoms with van der Waals surface area (Å²) >= 11 is 0. The molecule has 5 heteroatoms. The molecule has 0 bridgehead atoms. The molecule has 1 fully saturated rings. The van der Waals surface area contributed by atoms with Crippen molar-refractivity contribution in [3.63, 3.8) is 0 Å². The second-order valence-corrected chi connectivity index (χ2v) is 7.23. The maximum Gasteiger partial charge on any atom is 0.123 e. The molecule has 0 unspecified atom stereocenters.